The van der Waals surface area contributed by atoms with Gasteiger partial charge in [-0.15, -0.1) is 0 Å². The molecular weight excluding hydrogens is 482 g/mol. The van der Waals surface area contributed by atoms with Gasteiger partial charge in [0.25, 0.3) is 17.7 Å². The molecule has 0 atom stereocenters. The highest BCUT2D eigenvalue weighted by atomic mass is 79.9. The number of benzene rings is 2. The van der Waals surface area contributed by atoms with Crippen LogP contribution < -0.4 is 20.7 Å². The number of thiocarbonyl (C=S) groups is 1. The average Bonchev–Trinajstić information content (AvgIpc) is 2.65. The second-order valence-corrected chi connectivity index (χ2v) is 7.59. The van der Waals surface area contributed by atoms with Crippen molar-refractivity contribution in [1.29, 1.82) is 0 Å². The highest BCUT2D eigenvalue weighted by Crippen LogP contribution is 2.28. The highest BCUT2D eigenvalue weighted by molar-refractivity contribution is 9.10. The number of hydrogen-bond acceptors (Lipinski definition) is 5. The third-order valence-corrected chi connectivity index (χ3v) is 4.93. The third kappa shape index (κ3) is 4.81. The number of nitrogens with one attached hydrogen (secondary N) is 1. The van der Waals surface area contributed by atoms with Crippen LogP contribution in [0, 0.1) is 0 Å². The molecule has 3 N–H and O–H groups in total. The smallest absolute Gasteiger partial charge is 0.270 e. The van der Waals surface area contributed by atoms with Crippen molar-refractivity contribution in [1.82, 2.24) is 5.32 Å². The minimum Gasteiger partial charge on any atom is -0.482 e. The zero-order chi connectivity index (χ0) is 21.1. The summed E-state index contributed by atoms with van der Waals surface area (Å²) in [5.41, 5.74) is 5.94. The molecule has 0 spiro atoms. The molecule has 3 rings (SSSR count). The van der Waals surface area contributed by atoms with Gasteiger partial charge in [0.05, 0.1) is 10.7 Å². The second-order valence-electron chi connectivity index (χ2n) is 5.88. The van der Waals surface area contributed by atoms with Crippen molar-refractivity contribution in [3.63, 3.8) is 0 Å². The van der Waals surface area contributed by atoms with Crippen LogP contribution in [0.3, 0.4) is 0 Å². The fourth-order valence-corrected chi connectivity index (χ4v) is 3.31. The van der Waals surface area contributed by atoms with Gasteiger partial charge in [-0.3, -0.25) is 24.6 Å². The van der Waals surface area contributed by atoms with E-state index >= 15 is 0 Å². The van der Waals surface area contributed by atoms with Crippen molar-refractivity contribution in [3.05, 3.63) is 63.1 Å². The monoisotopic (exact) mass is 493 g/mol. The SMILES string of the molecule is NC(=O)COc1ccc(C=C2C(=O)NC(=S)N(c3ccc(Br)cc3)C2=O)cc1Cl. The summed E-state index contributed by atoms with van der Waals surface area (Å²) in [6, 6.07) is 11.5. The number of primary amides is 1. The van der Waals surface area contributed by atoms with Crippen LogP contribution in [0.15, 0.2) is 52.5 Å². The molecule has 1 aliphatic heterocycles. The summed E-state index contributed by atoms with van der Waals surface area (Å²) in [5, 5.41) is 2.70. The van der Waals surface area contributed by atoms with Crippen LogP contribution in [0.25, 0.3) is 6.08 Å². The van der Waals surface area contributed by atoms with Crippen molar-refractivity contribution in [3.8, 4) is 5.75 Å². The number of hydrogen-bond donors (Lipinski definition) is 2. The fourth-order valence-electron chi connectivity index (χ4n) is 2.52. The predicted molar refractivity (Wildman–Crippen MR) is 116 cm³/mol. The van der Waals surface area contributed by atoms with E-state index in [1.807, 2.05) is 0 Å². The van der Waals surface area contributed by atoms with Crippen molar-refractivity contribution < 1.29 is 19.1 Å². The van der Waals surface area contributed by atoms with Crippen LogP contribution in [-0.2, 0) is 14.4 Å². The lowest BCUT2D eigenvalue weighted by Gasteiger charge is -2.29. The largest absolute Gasteiger partial charge is 0.482 e. The van der Waals surface area contributed by atoms with Crippen LogP contribution in [0.2, 0.25) is 5.02 Å². The maximum atomic E-state index is 13.0. The zero-order valence-corrected chi connectivity index (χ0v) is 17.8. The number of halogens is 2. The summed E-state index contributed by atoms with van der Waals surface area (Å²) in [5.74, 6) is -1.56. The minimum absolute atomic E-state index is 0.00676. The molecule has 0 radical (unpaired) electrons. The molecule has 7 nitrogen and oxygen atoms in total. The van der Waals surface area contributed by atoms with Gasteiger partial charge >= 0.3 is 0 Å². The minimum atomic E-state index is -0.638. The van der Waals surface area contributed by atoms with Crippen LogP contribution in [0.1, 0.15) is 5.56 Å². The fraction of sp³-hybridized carbons (Fsp3) is 0.0526. The molecule has 29 heavy (non-hydrogen) atoms. The molecule has 0 unspecified atom stereocenters. The molecule has 1 saturated heterocycles. The Morgan fingerprint density at radius 2 is 1.93 bits per heavy atom. The first kappa shape index (κ1) is 21.0. The van der Waals surface area contributed by atoms with E-state index in [-0.39, 0.29) is 28.1 Å². The molecule has 1 aliphatic rings. The van der Waals surface area contributed by atoms with Gasteiger partial charge in [-0.2, -0.15) is 0 Å². The van der Waals surface area contributed by atoms with Gasteiger partial charge in [-0.25, -0.2) is 0 Å². The van der Waals surface area contributed by atoms with Crippen LogP contribution in [0.4, 0.5) is 5.69 Å². The second kappa shape index (κ2) is 8.73. The summed E-state index contributed by atoms with van der Waals surface area (Å²) in [6.07, 6.45) is 1.40. The molecule has 2 aromatic rings. The average molecular weight is 495 g/mol. The number of rotatable bonds is 5. The van der Waals surface area contributed by atoms with Gasteiger partial charge in [-0.1, -0.05) is 33.6 Å². The van der Waals surface area contributed by atoms with E-state index in [9.17, 15) is 14.4 Å². The number of carbonyl (C=O) groups is 3. The summed E-state index contributed by atoms with van der Waals surface area (Å²) in [7, 11) is 0. The Kier molecular flexibility index (Phi) is 6.31. The molecule has 0 aliphatic carbocycles. The number of nitrogens with zero attached hydrogens (tertiary/aromatic N) is 1. The number of ether oxygens (including phenoxy) is 1. The molecule has 1 fully saturated rings. The van der Waals surface area contributed by atoms with Gasteiger partial charge in [0.1, 0.15) is 11.3 Å². The lowest BCUT2D eigenvalue weighted by atomic mass is 10.1. The van der Waals surface area contributed by atoms with Gasteiger partial charge in [0.15, 0.2) is 11.7 Å². The van der Waals surface area contributed by atoms with Crippen LogP contribution >= 0.6 is 39.7 Å². The molecule has 10 heteroatoms. The van der Waals surface area contributed by atoms with Crippen LogP contribution in [-0.4, -0.2) is 29.4 Å². The normalized spacial score (nSPS) is 15.4. The van der Waals surface area contributed by atoms with Crippen molar-refractivity contribution in [2.75, 3.05) is 11.5 Å². The molecule has 0 bridgehead atoms. The first-order valence-electron chi connectivity index (χ1n) is 8.14. The predicted octanol–water partition coefficient (Wildman–Crippen LogP) is 2.80. The summed E-state index contributed by atoms with van der Waals surface area (Å²) >= 11 is 14.6. The highest BCUT2D eigenvalue weighted by Gasteiger charge is 2.34. The van der Waals surface area contributed by atoms with Crippen molar-refractivity contribution in [2.45, 2.75) is 0 Å². The maximum absolute atomic E-state index is 13.0. The zero-order valence-electron chi connectivity index (χ0n) is 14.6. The standard InChI is InChI=1S/C19H13BrClN3O4S/c20-11-2-4-12(5-3-11)24-18(27)13(17(26)23-19(24)29)7-10-1-6-15(14(21)8-10)28-9-16(22)25/h1-8H,9H2,(H2,22,25)(H,23,26,29). The molecular formula is C19H13BrClN3O4S. The number of nitrogens with two attached hydrogens (primary N) is 1. The van der Waals surface area contributed by atoms with Crippen LogP contribution in [0.5, 0.6) is 5.75 Å². The lowest BCUT2D eigenvalue weighted by molar-refractivity contribution is -0.122. The van der Waals surface area contributed by atoms with E-state index < -0.39 is 17.7 Å². The van der Waals surface area contributed by atoms with Crippen molar-refractivity contribution in [2.24, 2.45) is 5.73 Å². The van der Waals surface area contributed by atoms with Crippen molar-refractivity contribution >= 4 is 74.3 Å². The quantitative estimate of drug-likeness (QED) is 0.378. The Hall–Kier alpha value is -2.75. The Morgan fingerprint density at radius 1 is 1.24 bits per heavy atom. The van der Waals surface area contributed by atoms with Gasteiger partial charge < -0.3 is 10.5 Å². The lowest BCUT2D eigenvalue weighted by Crippen LogP contribution is -2.54. The maximum Gasteiger partial charge on any atom is 0.270 e. The Balaban J connectivity index is 1.91. The Morgan fingerprint density at radius 3 is 2.55 bits per heavy atom. The molecule has 148 valence electrons. The van der Waals surface area contributed by atoms with E-state index in [4.69, 9.17) is 34.3 Å². The first-order valence-corrected chi connectivity index (χ1v) is 9.72. The summed E-state index contributed by atoms with van der Waals surface area (Å²) < 4.78 is 6.02. The number of anilines is 1. The van der Waals surface area contributed by atoms with Gasteiger partial charge in [0.2, 0.25) is 0 Å². The first-order chi connectivity index (χ1) is 13.8. The Bertz CT molecular complexity index is 1060. The van der Waals surface area contributed by atoms with E-state index in [1.54, 1.807) is 30.3 Å². The van der Waals surface area contributed by atoms with Gasteiger partial charge in [-0.05, 0) is 60.3 Å². The number of carbonyl (C=O) groups excluding carboxylic acids is 3. The number of amides is 3. The molecule has 1 heterocycles. The molecule has 0 saturated carbocycles. The van der Waals surface area contributed by atoms with E-state index in [1.165, 1.54) is 23.1 Å². The molecule has 2 aromatic carbocycles. The summed E-state index contributed by atoms with van der Waals surface area (Å²) in [4.78, 5) is 37.4. The summed E-state index contributed by atoms with van der Waals surface area (Å²) in [6.45, 7) is -0.319. The van der Waals surface area contributed by atoms with E-state index in [0.717, 1.165) is 4.47 Å². The molecule has 0 aromatic heterocycles. The van der Waals surface area contributed by atoms with E-state index in [0.29, 0.717) is 11.3 Å². The molecule has 3 amide bonds. The van der Waals surface area contributed by atoms with E-state index in [2.05, 4.69) is 21.2 Å². The van der Waals surface area contributed by atoms with Gasteiger partial charge in [0, 0.05) is 4.47 Å². The Labute approximate surface area is 184 Å². The third-order valence-electron chi connectivity index (χ3n) is 3.82. The topological polar surface area (TPSA) is 102 Å².